The zero-order valence-corrected chi connectivity index (χ0v) is 11.4. The summed E-state index contributed by atoms with van der Waals surface area (Å²) in [6, 6.07) is 2.88. The van der Waals surface area contributed by atoms with Crippen LogP contribution in [0, 0.1) is 18.6 Å². The van der Waals surface area contributed by atoms with E-state index in [1.807, 2.05) is 20.8 Å². The molecule has 102 valence electrons. The van der Waals surface area contributed by atoms with Crippen LogP contribution in [0.3, 0.4) is 0 Å². The molecule has 0 heterocycles. The molecule has 2 nitrogen and oxygen atoms in total. The Kier molecular flexibility index (Phi) is 5.69. The van der Waals surface area contributed by atoms with E-state index in [1.54, 1.807) is 19.1 Å². The van der Waals surface area contributed by atoms with Gasteiger partial charge < -0.3 is 10.1 Å². The fraction of sp³-hybridized carbons (Fsp3) is 0.571. The van der Waals surface area contributed by atoms with Gasteiger partial charge in [-0.25, -0.2) is 8.78 Å². The largest absolute Gasteiger partial charge is 0.377 e. The summed E-state index contributed by atoms with van der Waals surface area (Å²) in [5.74, 6) is -1.56. The summed E-state index contributed by atoms with van der Waals surface area (Å²) in [7, 11) is 0. The number of aryl methyl sites for hydroxylation is 1. The summed E-state index contributed by atoms with van der Waals surface area (Å²) in [4.78, 5) is 0. The molecular weight excluding hydrogens is 236 g/mol. The van der Waals surface area contributed by atoms with Crippen LogP contribution in [-0.4, -0.2) is 19.3 Å². The van der Waals surface area contributed by atoms with Gasteiger partial charge in [0.1, 0.15) is 0 Å². The summed E-state index contributed by atoms with van der Waals surface area (Å²) < 4.78 is 32.9. The van der Waals surface area contributed by atoms with Crippen LogP contribution in [0.4, 0.5) is 8.78 Å². The van der Waals surface area contributed by atoms with Crippen LogP contribution in [0.2, 0.25) is 0 Å². The SMILES string of the molecule is CCNC(COC(C)C)c1ccc(C)c(F)c1F. The number of halogens is 2. The summed E-state index contributed by atoms with van der Waals surface area (Å²) in [5, 5.41) is 3.11. The molecule has 1 unspecified atom stereocenters. The molecule has 0 saturated heterocycles. The third-order valence-corrected chi connectivity index (χ3v) is 2.73. The van der Waals surface area contributed by atoms with E-state index >= 15 is 0 Å². The minimum absolute atomic E-state index is 0.0597. The van der Waals surface area contributed by atoms with Crippen LogP contribution >= 0.6 is 0 Å². The van der Waals surface area contributed by atoms with Crippen molar-refractivity contribution in [3.63, 3.8) is 0 Å². The zero-order valence-electron chi connectivity index (χ0n) is 11.4. The van der Waals surface area contributed by atoms with Crippen LogP contribution in [0.5, 0.6) is 0 Å². The predicted octanol–water partition coefficient (Wildman–Crippen LogP) is 3.35. The van der Waals surface area contributed by atoms with Crippen LogP contribution in [0.15, 0.2) is 12.1 Å². The van der Waals surface area contributed by atoms with Crippen LogP contribution < -0.4 is 5.32 Å². The molecule has 0 spiro atoms. The van der Waals surface area contributed by atoms with Gasteiger partial charge in [-0.3, -0.25) is 0 Å². The van der Waals surface area contributed by atoms with Crippen molar-refractivity contribution in [1.29, 1.82) is 0 Å². The lowest BCUT2D eigenvalue weighted by Crippen LogP contribution is -2.27. The smallest absolute Gasteiger partial charge is 0.163 e. The zero-order chi connectivity index (χ0) is 13.7. The van der Waals surface area contributed by atoms with Crippen molar-refractivity contribution in [1.82, 2.24) is 5.32 Å². The molecule has 0 amide bonds. The quantitative estimate of drug-likeness (QED) is 0.844. The van der Waals surface area contributed by atoms with E-state index in [9.17, 15) is 8.78 Å². The van der Waals surface area contributed by atoms with Crippen molar-refractivity contribution in [2.24, 2.45) is 0 Å². The van der Waals surface area contributed by atoms with E-state index in [0.29, 0.717) is 24.3 Å². The Hall–Kier alpha value is -1.00. The van der Waals surface area contributed by atoms with Crippen LogP contribution in [0.1, 0.15) is 37.9 Å². The first kappa shape index (κ1) is 15.1. The monoisotopic (exact) mass is 257 g/mol. The lowest BCUT2D eigenvalue weighted by Gasteiger charge is -2.21. The molecule has 1 rings (SSSR count). The third-order valence-electron chi connectivity index (χ3n) is 2.73. The number of hydrogen-bond donors (Lipinski definition) is 1. The molecule has 1 N–H and O–H groups in total. The lowest BCUT2D eigenvalue weighted by atomic mass is 10.0. The second kappa shape index (κ2) is 6.81. The number of hydrogen-bond acceptors (Lipinski definition) is 2. The van der Waals surface area contributed by atoms with E-state index in [4.69, 9.17) is 4.74 Å². The Morgan fingerprint density at radius 2 is 1.89 bits per heavy atom. The number of ether oxygens (including phenoxy) is 1. The predicted molar refractivity (Wildman–Crippen MR) is 68.6 cm³/mol. The van der Waals surface area contributed by atoms with Gasteiger partial charge in [-0.2, -0.15) is 0 Å². The molecule has 4 heteroatoms. The molecule has 1 aromatic carbocycles. The first-order valence-corrected chi connectivity index (χ1v) is 6.26. The fourth-order valence-corrected chi connectivity index (χ4v) is 1.72. The summed E-state index contributed by atoms with van der Waals surface area (Å²) in [6.45, 7) is 8.29. The van der Waals surface area contributed by atoms with Crippen molar-refractivity contribution in [3.05, 3.63) is 34.9 Å². The van der Waals surface area contributed by atoms with Crippen molar-refractivity contribution < 1.29 is 13.5 Å². The van der Waals surface area contributed by atoms with Gasteiger partial charge in [0.25, 0.3) is 0 Å². The summed E-state index contributed by atoms with van der Waals surface area (Å²) >= 11 is 0. The number of benzene rings is 1. The van der Waals surface area contributed by atoms with Crippen molar-refractivity contribution >= 4 is 0 Å². The maximum absolute atomic E-state index is 13.9. The lowest BCUT2D eigenvalue weighted by molar-refractivity contribution is 0.0606. The normalized spacial score (nSPS) is 13.1. The van der Waals surface area contributed by atoms with Crippen molar-refractivity contribution in [2.75, 3.05) is 13.2 Å². The molecule has 0 aliphatic rings. The molecule has 0 bridgehead atoms. The molecule has 0 aromatic heterocycles. The Morgan fingerprint density at radius 1 is 1.22 bits per heavy atom. The fourth-order valence-electron chi connectivity index (χ4n) is 1.72. The average Bonchev–Trinajstić information content (AvgIpc) is 2.32. The van der Waals surface area contributed by atoms with E-state index in [0.717, 1.165) is 0 Å². The molecule has 1 atom stereocenters. The van der Waals surface area contributed by atoms with Gasteiger partial charge in [-0.1, -0.05) is 19.1 Å². The van der Waals surface area contributed by atoms with Gasteiger partial charge in [0.15, 0.2) is 11.6 Å². The van der Waals surface area contributed by atoms with Crippen LogP contribution in [-0.2, 0) is 4.74 Å². The topological polar surface area (TPSA) is 21.3 Å². The minimum atomic E-state index is -0.784. The van der Waals surface area contributed by atoms with Gasteiger partial charge in [0.2, 0.25) is 0 Å². The molecule has 0 saturated carbocycles. The second-order valence-corrected chi connectivity index (χ2v) is 4.59. The van der Waals surface area contributed by atoms with Crippen molar-refractivity contribution in [2.45, 2.75) is 39.8 Å². The molecule has 1 aromatic rings. The second-order valence-electron chi connectivity index (χ2n) is 4.59. The Balaban J connectivity index is 2.94. The van der Waals surface area contributed by atoms with E-state index < -0.39 is 11.6 Å². The van der Waals surface area contributed by atoms with Gasteiger partial charge in [-0.05, 0) is 32.9 Å². The van der Waals surface area contributed by atoms with Gasteiger partial charge in [0, 0.05) is 5.56 Å². The highest BCUT2D eigenvalue weighted by molar-refractivity contribution is 5.28. The Bertz CT molecular complexity index is 394. The third kappa shape index (κ3) is 3.75. The molecular formula is C14H21F2NO. The highest BCUT2D eigenvalue weighted by Gasteiger charge is 2.19. The highest BCUT2D eigenvalue weighted by atomic mass is 19.2. The summed E-state index contributed by atoms with van der Waals surface area (Å²) in [5.41, 5.74) is 0.636. The standard InChI is InChI=1S/C14H21F2NO/c1-5-17-12(8-18-9(2)3)11-7-6-10(4)13(15)14(11)16/h6-7,9,12,17H,5,8H2,1-4H3. The average molecular weight is 257 g/mol. The van der Waals surface area contributed by atoms with E-state index in [1.165, 1.54) is 0 Å². The summed E-state index contributed by atoms with van der Waals surface area (Å²) in [6.07, 6.45) is 0.0597. The first-order chi connectivity index (χ1) is 8.47. The molecule has 0 aliphatic carbocycles. The molecule has 0 fully saturated rings. The van der Waals surface area contributed by atoms with E-state index in [2.05, 4.69) is 5.32 Å². The van der Waals surface area contributed by atoms with Crippen molar-refractivity contribution in [3.8, 4) is 0 Å². The Labute approximate surface area is 107 Å². The van der Waals surface area contributed by atoms with Gasteiger partial charge in [-0.15, -0.1) is 0 Å². The number of likely N-dealkylation sites (N-methyl/N-ethyl adjacent to an activating group) is 1. The maximum atomic E-state index is 13.9. The maximum Gasteiger partial charge on any atom is 0.163 e. The van der Waals surface area contributed by atoms with Gasteiger partial charge >= 0.3 is 0 Å². The highest BCUT2D eigenvalue weighted by Crippen LogP contribution is 2.22. The first-order valence-electron chi connectivity index (χ1n) is 6.26. The van der Waals surface area contributed by atoms with Gasteiger partial charge in [0.05, 0.1) is 18.8 Å². The number of rotatable bonds is 6. The number of nitrogens with one attached hydrogen (secondary N) is 1. The van der Waals surface area contributed by atoms with E-state index in [-0.39, 0.29) is 12.1 Å². The minimum Gasteiger partial charge on any atom is -0.377 e. The Morgan fingerprint density at radius 3 is 2.44 bits per heavy atom. The van der Waals surface area contributed by atoms with Crippen LogP contribution in [0.25, 0.3) is 0 Å². The molecule has 18 heavy (non-hydrogen) atoms. The molecule has 0 radical (unpaired) electrons. The molecule has 0 aliphatic heterocycles.